The molecule has 4 heteroatoms. The number of aromatic nitrogens is 1. The van der Waals surface area contributed by atoms with Crippen LogP contribution in [0.5, 0.6) is 0 Å². The summed E-state index contributed by atoms with van der Waals surface area (Å²) in [7, 11) is 0. The minimum Gasteiger partial charge on any atom is -0.506 e. The number of hydrogen-bond donors (Lipinski definition) is 2. The van der Waals surface area contributed by atoms with E-state index in [1.165, 1.54) is 0 Å². The number of aliphatic imine (C=N–C) groups is 1. The van der Waals surface area contributed by atoms with Gasteiger partial charge in [0, 0.05) is 11.4 Å². The Morgan fingerprint density at radius 2 is 1.85 bits per heavy atom. The number of aliphatic hydroxyl groups excluding tert-OH is 1. The van der Waals surface area contributed by atoms with E-state index in [2.05, 4.69) is 9.98 Å². The molecule has 0 bridgehead atoms. The fraction of sp³-hybridized carbons (Fsp3) is 0.250. The summed E-state index contributed by atoms with van der Waals surface area (Å²) in [5, 5.41) is 10.3. The lowest BCUT2D eigenvalue weighted by Crippen LogP contribution is -2.23. The third-order valence-electron chi connectivity index (χ3n) is 3.65. The minimum absolute atomic E-state index is 0.0427. The molecular weight excluding hydrogens is 252 g/mol. The fourth-order valence-corrected chi connectivity index (χ4v) is 2.77. The van der Waals surface area contributed by atoms with E-state index in [1.807, 2.05) is 39.8 Å². The zero-order chi connectivity index (χ0) is 14.6. The number of aromatic amines is 1. The number of aryl methyl sites for hydroxylation is 2. The van der Waals surface area contributed by atoms with E-state index in [1.54, 1.807) is 0 Å². The monoisotopic (exact) mass is 268 g/mol. The number of nitrogens with one attached hydrogen (secondary N) is 1. The highest BCUT2D eigenvalue weighted by Gasteiger charge is 2.39. The number of Topliss-reactive ketones (excluding diaryl/α,β-unsaturated/α-hetero) is 1. The van der Waals surface area contributed by atoms with Crippen molar-refractivity contribution in [2.24, 2.45) is 4.99 Å². The lowest BCUT2D eigenvalue weighted by molar-refractivity contribution is -0.111. The number of aliphatic hydroxyl groups is 1. The van der Waals surface area contributed by atoms with Crippen LogP contribution in [0.1, 0.15) is 30.8 Å². The Kier molecular flexibility index (Phi) is 2.57. The lowest BCUT2D eigenvalue weighted by atomic mass is 9.83. The molecule has 4 nitrogen and oxygen atoms in total. The van der Waals surface area contributed by atoms with Crippen LogP contribution in [-0.4, -0.2) is 21.6 Å². The van der Waals surface area contributed by atoms with Gasteiger partial charge in [0.15, 0.2) is 0 Å². The molecule has 2 N–H and O–H groups in total. The van der Waals surface area contributed by atoms with Crippen LogP contribution in [0.4, 0.5) is 0 Å². The first-order valence-corrected chi connectivity index (χ1v) is 6.53. The van der Waals surface area contributed by atoms with Crippen molar-refractivity contribution in [2.45, 2.75) is 27.7 Å². The molecule has 1 aliphatic heterocycles. The van der Waals surface area contributed by atoms with Gasteiger partial charge < -0.3 is 10.1 Å². The predicted molar refractivity (Wildman–Crippen MR) is 78.7 cm³/mol. The summed E-state index contributed by atoms with van der Waals surface area (Å²) in [6.07, 6.45) is 1.91. The van der Waals surface area contributed by atoms with Gasteiger partial charge in [0.05, 0.1) is 22.5 Å². The van der Waals surface area contributed by atoms with E-state index in [0.717, 1.165) is 22.5 Å². The highest BCUT2D eigenvalue weighted by atomic mass is 16.3. The van der Waals surface area contributed by atoms with Gasteiger partial charge in [-0.2, -0.15) is 0 Å². The number of carbonyl (C=O) groups excluding carboxylic acids is 1. The van der Waals surface area contributed by atoms with E-state index >= 15 is 0 Å². The number of nitrogens with zero attached hydrogens (tertiary/aromatic N) is 1. The Balaban J connectivity index is 2.15. The summed E-state index contributed by atoms with van der Waals surface area (Å²) in [5.74, 6) is -0.102. The maximum absolute atomic E-state index is 12.4. The van der Waals surface area contributed by atoms with Gasteiger partial charge >= 0.3 is 0 Å². The van der Waals surface area contributed by atoms with Crippen LogP contribution in [0.25, 0.3) is 5.57 Å². The predicted octanol–water partition coefficient (Wildman–Crippen LogP) is 3.16. The van der Waals surface area contributed by atoms with Crippen molar-refractivity contribution in [1.29, 1.82) is 0 Å². The minimum atomic E-state index is -0.145. The third-order valence-corrected chi connectivity index (χ3v) is 3.65. The van der Waals surface area contributed by atoms with Crippen LogP contribution in [0.3, 0.4) is 0 Å². The summed E-state index contributed by atoms with van der Waals surface area (Å²) in [5.41, 5.74) is 5.69. The Morgan fingerprint density at radius 1 is 1.15 bits per heavy atom. The van der Waals surface area contributed by atoms with Crippen LogP contribution < -0.4 is 0 Å². The molecule has 0 saturated heterocycles. The zero-order valence-corrected chi connectivity index (χ0v) is 12.0. The molecule has 2 aliphatic rings. The SMILES string of the molecule is CC1=CC(C)=NC1=C1C(=O)C(c2[nH]c(C)cc2C)=C1O. The standard InChI is InChI=1S/C16H16N2O2/c1-7-5-9(3)17-13(7)11-15(19)12(16(11)20)14-8(2)6-10(4)18-14/h5-6,17,19H,1-4H3. The van der Waals surface area contributed by atoms with Gasteiger partial charge in [-0.15, -0.1) is 0 Å². The van der Waals surface area contributed by atoms with Crippen molar-refractivity contribution >= 4 is 17.1 Å². The Hall–Kier alpha value is -2.36. The number of H-pyrrole nitrogens is 1. The largest absolute Gasteiger partial charge is 0.506 e. The normalized spacial score (nSPS) is 22.1. The first-order valence-electron chi connectivity index (χ1n) is 6.53. The van der Waals surface area contributed by atoms with E-state index in [9.17, 15) is 9.90 Å². The molecule has 0 amide bonds. The summed E-state index contributed by atoms with van der Waals surface area (Å²) in [6, 6.07) is 1.96. The van der Waals surface area contributed by atoms with E-state index in [0.29, 0.717) is 22.5 Å². The van der Waals surface area contributed by atoms with Crippen molar-refractivity contribution in [2.75, 3.05) is 0 Å². The smallest absolute Gasteiger partial charge is 0.204 e. The Labute approximate surface area is 117 Å². The van der Waals surface area contributed by atoms with Crippen LogP contribution in [0.15, 0.2) is 39.7 Å². The van der Waals surface area contributed by atoms with Crippen molar-refractivity contribution in [3.63, 3.8) is 0 Å². The molecule has 1 aromatic rings. The number of carbonyl (C=O) groups is 1. The second-order valence-electron chi connectivity index (χ2n) is 5.37. The van der Waals surface area contributed by atoms with Gasteiger partial charge in [-0.1, -0.05) is 0 Å². The van der Waals surface area contributed by atoms with E-state index in [-0.39, 0.29) is 11.5 Å². The Bertz CT molecular complexity index is 770. The van der Waals surface area contributed by atoms with Gasteiger partial charge in [0.25, 0.3) is 0 Å². The number of hydrogen-bond acceptors (Lipinski definition) is 3. The number of allylic oxidation sites excluding steroid dienone is 4. The molecule has 3 rings (SSSR count). The molecule has 20 heavy (non-hydrogen) atoms. The molecular formula is C16H16N2O2. The van der Waals surface area contributed by atoms with Crippen LogP contribution in [-0.2, 0) is 4.79 Å². The lowest BCUT2D eigenvalue weighted by Gasteiger charge is -2.22. The maximum Gasteiger partial charge on any atom is 0.204 e. The molecule has 0 radical (unpaired) electrons. The third kappa shape index (κ3) is 1.61. The van der Waals surface area contributed by atoms with Gasteiger partial charge in [-0.05, 0) is 51.0 Å². The van der Waals surface area contributed by atoms with Crippen molar-refractivity contribution in [3.05, 3.63) is 51.7 Å². The quantitative estimate of drug-likeness (QED) is 0.768. The topological polar surface area (TPSA) is 65.5 Å². The second-order valence-corrected chi connectivity index (χ2v) is 5.37. The molecule has 0 spiro atoms. The van der Waals surface area contributed by atoms with Crippen molar-refractivity contribution in [1.82, 2.24) is 4.98 Å². The zero-order valence-electron chi connectivity index (χ0n) is 12.0. The summed E-state index contributed by atoms with van der Waals surface area (Å²) < 4.78 is 0. The number of rotatable bonds is 1. The van der Waals surface area contributed by atoms with Crippen LogP contribution in [0.2, 0.25) is 0 Å². The second kappa shape index (κ2) is 4.07. The number of ketones is 1. The van der Waals surface area contributed by atoms with Gasteiger partial charge in [0.1, 0.15) is 5.76 Å². The molecule has 0 unspecified atom stereocenters. The van der Waals surface area contributed by atoms with Crippen molar-refractivity contribution in [3.8, 4) is 0 Å². The average Bonchev–Trinajstić information content (AvgIpc) is 2.83. The molecule has 0 atom stereocenters. The molecule has 0 aromatic carbocycles. The highest BCUT2D eigenvalue weighted by molar-refractivity contribution is 6.39. The molecule has 0 saturated carbocycles. The van der Waals surface area contributed by atoms with Gasteiger partial charge in [-0.3, -0.25) is 9.79 Å². The fourth-order valence-electron chi connectivity index (χ4n) is 2.77. The van der Waals surface area contributed by atoms with Crippen LogP contribution in [0, 0.1) is 13.8 Å². The summed E-state index contributed by atoms with van der Waals surface area (Å²) in [4.78, 5) is 19.8. The maximum atomic E-state index is 12.4. The molecule has 1 aliphatic carbocycles. The van der Waals surface area contributed by atoms with E-state index < -0.39 is 0 Å². The first kappa shape index (κ1) is 12.7. The molecule has 1 aromatic heterocycles. The molecule has 2 heterocycles. The molecule has 0 fully saturated rings. The van der Waals surface area contributed by atoms with Gasteiger partial charge in [0.2, 0.25) is 5.78 Å². The summed E-state index contributed by atoms with van der Waals surface area (Å²) in [6.45, 7) is 7.61. The van der Waals surface area contributed by atoms with E-state index in [4.69, 9.17) is 0 Å². The van der Waals surface area contributed by atoms with Crippen molar-refractivity contribution < 1.29 is 9.90 Å². The molecule has 102 valence electrons. The first-order chi connectivity index (χ1) is 9.40. The summed E-state index contributed by atoms with van der Waals surface area (Å²) >= 11 is 0. The Morgan fingerprint density at radius 3 is 2.30 bits per heavy atom. The van der Waals surface area contributed by atoms with Crippen LogP contribution >= 0.6 is 0 Å². The van der Waals surface area contributed by atoms with Gasteiger partial charge in [-0.25, -0.2) is 0 Å². The average molecular weight is 268 g/mol. The highest BCUT2D eigenvalue weighted by Crippen LogP contribution is 2.41.